The number of hydrogen-bond acceptors (Lipinski definition) is 3. The number of methoxy groups -OCH3 is 1. The van der Waals surface area contributed by atoms with E-state index < -0.39 is 12.0 Å². The van der Waals surface area contributed by atoms with Gasteiger partial charge < -0.3 is 15.2 Å². The molecule has 0 aromatic heterocycles. The van der Waals surface area contributed by atoms with Gasteiger partial charge in [0.05, 0.1) is 7.11 Å². The molecule has 0 bridgehead atoms. The molecule has 5 nitrogen and oxygen atoms in total. The van der Waals surface area contributed by atoms with E-state index in [4.69, 9.17) is 9.84 Å². The monoisotopic (exact) mass is 263 g/mol. The van der Waals surface area contributed by atoms with Crippen LogP contribution in [0, 0.1) is 0 Å². The van der Waals surface area contributed by atoms with Crippen LogP contribution in [-0.2, 0) is 9.59 Å². The molecule has 19 heavy (non-hydrogen) atoms. The second-order valence-electron chi connectivity index (χ2n) is 4.71. The molecule has 1 saturated heterocycles. The van der Waals surface area contributed by atoms with Crippen molar-refractivity contribution >= 4 is 11.9 Å². The number of nitrogens with one attached hydrogen (secondary N) is 1. The molecule has 2 rings (SSSR count). The van der Waals surface area contributed by atoms with E-state index >= 15 is 0 Å². The summed E-state index contributed by atoms with van der Waals surface area (Å²) in [6, 6.07) is 6.76. The van der Waals surface area contributed by atoms with E-state index in [1.807, 2.05) is 24.3 Å². The Hall–Kier alpha value is -2.04. The van der Waals surface area contributed by atoms with Crippen molar-refractivity contribution in [3.63, 3.8) is 0 Å². The fraction of sp³-hybridized carbons (Fsp3) is 0.429. The van der Waals surface area contributed by atoms with Crippen molar-refractivity contribution in [2.75, 3.05) is 7.11 Å². The normalized spacial score (nSPS) is 23.3. The van der Waals surface area contributed by atoms with Gasteiger partial charge in [-0.05, 0) is 36.5 Å². The minimum absolute atomic E-state index is 0.0511. The van der Waals surface area contributed by atoms with Gasteiger partial charge in [0.25, 0.3) is 0 Å². The van der Waals surface area contributed by atoms with Crippen LogP contribution in [0.5, 0.6) is 5.75 Å². The topological polar surface area (TPSA) is 75.6 Å². The predicted molar refractivity (Wildman–Crippen MR) is 69.2 cm³/mol. The summed E-state index contributed by atoms with van der Waals surface area (Å²) in [5.74, 6) is -0.385. The fourth-order valence-corrected chi connectivity index (χ4v) is 2.39. The molecule has 102 valence electrons. The first-order valence-corrected chi connectivity index (χ1v) is 6.26. The molecule has 0 spiro atoms. The van der Waals surface area contributed by atoms with Crippen molar-refractivity contribution < 1.29 is 19.4 Å². The van der Waals surface area contributed by atoms with Gasteiger partial charge in [-0.1, -0.05) is 12.1 Å². The Labute approximate surface area is 111 Å². The largest absolute Gasteiger partial charge is 0.497 e. The van der Waals surface area contributed by atoms with Gasteiger partial charge in [0.15, 0.2) is 0 Å². The number of amides is 1. The summed E-state index contributed by atoms with van der Waals surface area (Å²) in [5.41, 5.74) is 1.02. The lowest BCUT2D eigenvalue weighted by Crippen LogP contribution is -2.39. The van der Waals surface area contributed by atoms with E-state index in [9.17, 15) is 9.59 Å². The quantitative estimate of drug-likeness (QED) is 0.867. The highest BCUT2D eigenvalue weighted by molar-refractivity contribution is 5.84. The zero-order valence-electron chi connectivity index (χ0n) is 10.8. The van der Waals surface area contributed by atoms with Crippen molar-refractivity contribution in [1.29, 1.82) is 0 Å². The molecular formula is C14H17NO4. The lowest BCUT2D eigenvalue weighted by Gasteiger charge is -2.18. The summed E-state index contributed by atoms with van der Waals surface area (Å²) in [5, 5.41) is 11.6. The number of benzene rings is 1. The first-order chi connectivity index (χ1) is 9.10. The van der Waals surface area contributed by atoms with Crippen LogP contribution in [0.3, 0.4) is 0 Å². The highest BCUT2D eigenvalue weighted by atomic mass is 16.5. The maximum absolute atomic E-state index is 11.5. The van der Waals surface area contributed by atoms with E-state index in [1.165, 1.54) is 0 Å². The number of carbonyl (C=O) groups is 2. The van der Waals surface area contributed by atoms with Gasteiger partial charge >= 0.3 is 5.97 Å². The van der Waals surface area contributed by atoms with Gasteiger partial charge in [-0.3, -0.25) is 4.79 Å². The fourth-order valence-electron chi connectivity index (χ4n) is 2.39. The van der Waals surface area contributed by atoms with E-state index in [-0.39, 0.29) is 11.8 Å². The summed E-state index contributed by atoms with van der Waals surface area (Å²) in [4.78, 5) is 22.6. The van der Waals surface area contributed by atoms with Crippen LogP contribution >= 0.6 is 0 Å². The second kappa shape index (κ2) is 5.73. The molecule has 0 aliphatic carbocycles. The van der Waals surface area contributed by atoms with E-state index in [0.29, 0.717) is 19.3 Å². The molecule has 0 saturated carbocycles. The molecule has 1 aromatic carbocycles. The summed E-state index contributed by atoms with van der Waals surface area (Å²) in [6.45, 7) is 0. The van der Waals surface area contributed by atoms with Crippen LogP contribution in [0.25, 0.3) is 0 Å². The highest BCUT2D eigenvalue weighted by Gasteiger charge is 2.29. The van der Waals surface area contributed by atoms with E-state index in [1.54, 1.807) is 7.11 Å². The van der Waals surface area contributed by atoms with Crippen molar-refractivity contribution in [1.82, 2.24) is 5.32 Å². The minimum atomic E-state index is -0.983. The Morgan fingerprint density at radius 2 is 2.26 bits per heavy atom. The standard InChI is InChI=1S/C14H17NO4/c1-19-11-4-2-3-9(7-11)10-5-6-13(16)15-12(8-10)14(17)18/h2-4,7,10,12H,5-6,8H2,1H3,(H,15,16)(H,17,18). The van der Waals surface area contributed by atoms with Crippen LogP contribution in [-0.4, -0.2) is 30.1 Å². The number of carbonyl (C=O) groups excluding carboxylic acids is 1. The smallest absolute Gasteiger partial charge is 0.326 e. The van der Waals surface area contributed by atoms with Gasteiger partial charge in [-0.25, -0.2) is 4.79 Å². The minimum Gasteiger partial charge on any atom is -0.497 e. The molecular weight excluding hydrogens is 246 g/mol. The van der Waals surface area contributed by atoms with Crippen molar-refractivity contribution in [3.05, 3.63) is 29.8 Å². The number of carboxylic acid groups (broad SMARTS) is 1. The highest BCUT2D eigenvalue weighted by Crippen LogP contribution is 2.30. The molecule has 2 atom stereocenters. The summed E-state index contributed by atoms with van der Waals surface area (Å²) < 4.78 is 5.17. The summed E-state index contributed by atoms with van der Waals surface area (Å²) in [6.07, 6.45) is 1.42. The van der Waals surface area contributed by atoms with Crippen LogP contribution in [0.4, 0.5) is 0 Å². The Morgan fingerprint density at radius 3 is 2.95 bits per heavy atom. The maximum atomic E-state index is 11.5. The third-order valence-electron chi connectivity index (χ3n) is 3.44. The lowest BCUT2D eigenvalue weighted by atomic mass is 9.89. The van der Waals surface area contributed by atoms with Crippen molar-refractivity contribution in [2.24, 2.45) is 0 Å². The van der Waals surface area contributed by atoms with Crippen LogP contribution in [0.1, 0.15) is 30.7 Å². The van der Waals surface area contributed by atoms with Crippen molar-refractivity contribution in [3.8, 4) is 5.75 Å². The predicted octanol–water partition coefficient (Wildman–Crippen LogP) is 1.53. The van der Waals surface area contributed by atoms with E-state index in [2.05, 4.69) is 5.32 Å². The van der Waals surface area contributed by atoms with Crippen LogP contribution in [0.15, 0.2) is 24.3 Å². The molecule has 1 amide bonds. The van der Waals surface area contributed by atoms with Gasteiger partial charge in [0.1, 0.15) is 11.8 Å². The average Bonchev–Trinajstić information content (AvgIpc) is 2.61. The number of aliphatic carboxylic acids is 1. The Bertz CT molecular complexity index is 486. The Balaban J connectivity index is 2.22. The summed E-state index contributed by atoms with van der Waals surface area (Å²) in [7, 11) is 1.59. The van der Waals surface area contributed by atoms with Gasteiger partial charge in [-0.2, -0.15) is 0 Å². The number of rotatable bonds is 3. The van der Waals surface area contributed by atoms with Crippen LogP contribution < -0.4 is 10.1 Å². The molecule has 1 heterocycles. The molecule has 0 radical (unpaired) electrons. The Morgan fingerprint density at radius 1 is 1.47 bits per heavy atom. The summed E-state index contributed by atoms with van der Waals surface area (Å²) >= 11 is 0. The number of ether oxygens (including phenoxy) is 1. The molecule has 5 heteroatoms. The van der Waals surface area contributed by atoms with Gasteiger partial charge in [0, 0.05) is 6.42 Å². The molecule has 1 aliphatic heterocycles. The molecule has 1 aliphatic rings. The van der Waals surface area contributed by atoms with Gasteiger partial charge in [0.2, 0.25) is 5.91 Å². The van der Waals surface area contributed by atoms with Gasteiger partial charge in [-0.15, -0.1) is 0 Å². The molecule has 1 aromatic rings. The SMILES string of the molecule is COc1cccc(C2CCC(=O)NC(C(=O)O)C2)c1. The molecule has 1 fully saturated rings. The van der Waals surface area contributed by atoms with Crippen molar-refractivity contribution in [2.45, 2.75) is 31.2 Å². The average molecular weight is 263 g/mol. The lowest BCUT2D eigenvalue weighted by molar-refractivity contribution is -0.141. The third-order valence-corrected chi connectivity index (χ3v) is 3.44. The first-order valence-electron chi connectivity index (χ1n) is 6.26. The maximum Gasteiger partial charge on any atom is 0.326 e. The zero-order valence-corrected chi connectivity index (χ0v) is 10.8. The van der Waals surface area contributed by atoms with E-state index in [0.717, 1.165) is 11.3 Å². The zero-order chi connectivity index (χ0) is 13.8. The van der Waals surface area contributed by atoms with Crippen LogP contribution in [0.2, 0.25) is 0 Å². The number of carboxylic acids is 1. The molecule has 2 N–H and O–H groups in total. The Kier molecular flexibility index (Phi) is 4.04. The number of hydrogen-bond donors (Lipinski definition) is 2. The first kappa shape index (κ1) is 13.4. The second-order valence-corrected chi connectivity index (χ2v) is 4.71. The molecule has 2 unspecified atom stereocenters. The third kappa shape index (κ3) is 3.24.